The highest BCUT2D eigenvalue weighted by Crippen LogP contribution is 2.28. The average Bonchev–Trinajstić information content (AvgIpc) is 3.00. The summed E-state index contributed by atoms with van der Waals surface area (Å²) in [5.41, 5.74) is 4.11. The van der Waals surface area contributed by atoms with Crippen molar-refractivity contribution in [1.29, 1.82) is 0 Å². The molecule has 3 rings (SSSR count). The fraction of sp³-hybridized carbons (Fsp3) is 0.250. The predicted octanol–water partition coefficient (Wildman–Crippen LogP) is 2.76. The molecular formula is C16H17N3O2. The standard InChI is InChI=1S/C16H17N3O2/c1-20-14-6-5-11(8-15(14)21-2)3-4-12-7-13-16(17-9-12)19-10-18-13/h5-10H,3-4H2,1-2H3,(H,17,18,19). The van der Waals surface area contributed by atoms with E-state index in [9.17, 15) is 0 Å². The highest BCUT2D eigenvalue weighted by Gasteiger charge is 2.05. The molecule has 0 radical (unpaired) electrons. The van der Waals surface area contributed by atoms with Gasteiger partial charge in [0, 0.05) is 6.20 Å². The van der Waals surface area contributed by atoms with Crippen molar-refractivity contribution in [2.24, 2.45) is 0 Å². The van der Waals surface area contributed by atoms with Gasteiger partial charge in [-0.2, -0.15) is 0 Å². The Morgan fingerprint density at radius 2 is 1.76 bits per heavy atom. The minimum absolute atomic E-state index is 0.752. The van der Waals surface area contributed by atoms with Crippen LogP contribution in [0, 0.1) is 0 Å². The van der Waals surface area contributed by atoms with Crippen LogP contribution in [-0.4, -0.2) is 29.2 Å². The fourth-order valence-electron chi connectivity index (χ4n) is 2.33. The number of aromatic nitrogens is 3. The van der Waals surface area contributed by atoms with Crippen molar-refractivity contribution in [1.82, 2.24) is 15.0 Å². The van der Waals surface area contributed by atoms with Gasteiger partial charge in [0.1, 0.15) is 0 Å². The number of methoxy groups -OCH3 is 2. The molecule has 1 N–H and O–H groups in total. The van der Waals surface area contributed by atoms with Gasteiger partial charge in [-0.1, -0.05) is 6.07 Å². The number of hydrogen-bond donors (Lipinski definition) is 1. The Labute approximate surface area is 123 Å². The van der Waals surface area contributed by atoms with E-state index in [1.807, 2.05) is 18.3 Å². The third-order valence-electron chi connectivity index (χ3n) is 3.48. The Morgan fingerprint density at radius 1 is 0.952 bits per heavy atom. The number of H-pyrrole nitrogens is 1. The molecule has 2 aromatic heterocycles. The molecular weight excluding hydrogens is 266 g/mol. The number of nitrogens with zero attached hydrogens (tertiary/aromatic N) is 2. The number of ether oxygens (including phenoxy) is 2. The van der Waals surface area contributed by atoms with Crippen LogP contribution in [0.2, 0.25) is 0 Å². The first-order valence-electron chi connectivity index (χ1n) is 6.79. The molecule has 0 aliphatic carbocycles. The quantitative estimate of drug-likeness (QED) is 0.782. The number of aryl methyl sites for hydroxylation is 2. The summed E-state index contributed by atoms with van der Waals surface area (Å²) in [6, 6.07) is 8.10. The summed E-state index contributed by atoms with van der Waals surface area (Å²) in [6.45, 7) is 0. The molecule has 0 unspecified atom stereocenters. The number of aromatic amines is 1. The first kappa shape index (κ1) is 13.4. The normalized spacial score (nSPS) is 10.8. The van der Waals surface area contributed by atoms with Gasteiger partial charge in [-0.05, 0) is 42.2 Å². The van der Waals surface area contributed by atoms with Crippen molar-refractivity contribution in [2.45, 2.75) is 12.8 Å². The van der Waals surface area contributed by atoms with Gasteiger partial charge >= 0.3 is 0 Å². The van der Waals surface area contributed by atoms with Crippen molar-refractivity contribution in [3.8, 4) is 11.5 Å². The van der Waals surface area contributed by atoms with Crippen molar-refractivity contribution in [3.05, 3.63) is 47.9 Å². The third-order valence-corrected chi connectivity index (χ3v) is 3.48. The lowest BCUT2D eigenvalue weighted by Crippen LogP contribution is -1.95. The SMILES string of the molecule is COc1ccc(CCc2cnc3nc[nH]c3c2)cc1OC. The Morgan fingerprint density at radius 3 is 2.57 bits per heavy atom. The zero-order chi connectivity index (χ0) is 14.7. The third kappa shape index (κ3) is 2.81. The van der Waals surface area contributed by atoms with E-state index in [0.29, 0.717) is 0 Å². The molecule has 0 aliphatic rings. The molecule has 3 aromatic rings. The summed E-state index contributed by atoms with van der Waals surface area (Å²) in [7, 11) is 3.29. The smallest absolute Gasteiger partial charge is 0.177 e. The summed E-state index contributed by atoms with van der Waals surface area (Å²) in [5.74, 6) is 1.51. The van der Waals surface area contributed by atoms with Gasteiger partial charge in [0.25, 0.3) is 0 Å². The number of imidazole rings is 1. The molecule has 0 fully saturated rings. The second kappa shape index (κ2) is 5.83. The van der Waals surface area contributed by atoms with E-state index in [-0.39, 0.29) is 0 Å². The van der Waals surface area contributed by atoms with E-state index < -0.39 is 0 Å². The van der Waals surface area contributed by atoms with Crippen molar-refractivity contribution >= 4 is 11.2 Å². The molecule has 0 spiro atoms. The van der Waals surface area contributed by atoms with Crippen molar-refractivity contribution in [2.75, 3.05) is 14.2 Å². The Bertz CT molecular complexity index is 752. The monoisotopic (exact) mass is 283 g/mol. The molecule has 0 aliphatic heterocycles. The van der Waals surface area contributed by atoms with E-state index in [0.717, 1.165) is 35.5 Å². The molecule has 21 heavy (non-hydrogen) atoms. The summed E-state index contributed by atoms with van der Waals surface area (Å²) < 4.78 is 10.6. The largest absolute Gasteiger partial charge is 0.493 e. The van der Waals surface area contributed by atoms with Gasteiger partial charge in [0.15, 0.2) is 17.1 Å². The molecule has 1 aromatic carbocycles. The first-order valence-corrected chi connectivity index (χ1v) is 6.79. The fourth-order valence-corrected chi connectivity index (χ4v) is 2.33. The molecule has 0 atom stereocenters. The summed E-state index contributed by atoms with van der Waals surface area (Å²) in [4.78, 5) is 11.5. The molecule has 2 heterocycles. The van der Waals surface area contributed by atoms with Crippen LogP contribution in [0.5, 0.6) is 11.5 Å². The summed E-state index contributed by atoms with van der Waals surface area (Å²) >= 11 is 0. The van der Waals surface area contributed by atoms with Crippen LogP contribution in [0.15, 0.2) is 36.8 Å². The number of nitrogens with one attached hydrogen (secondary N) is 1. The van der Waals surface area contributed by atoms with Crippen LogP contribution < -0.4 is 9.47 Å². The number of rotatable bonds is 5. The Hall–Kier alpha value is -2.56. The van der Waals surface area contributed by atoms with Crippen LogP contribution in [-0.2, 0) is 12.8 Å². The predicted molar refractivity (Wildman–Crippen MR) is 80.8 cm³/mol. The maximum absolute atomic E-state index is 5.33. The number of benzene rings is 1. The van der Waals surface area contributed by atoms with Crippen LogP contribution >= 0.6 is 0 Å². The minimum atomic E-state index is 0.752. The number of fused-ring (bicyclic) bond motifs is 1. The van der Waals surface area contributed by atoms with Crippen LogP contribution in [0.1, 0.15) is 11.1 Å². The topological polar surface area (TPSA) is 60.0 Å². The van der Waals surface area contributed by atoms with E-state index in [4.69, 9.17) is 9.47 Å². The lowest BCUT2D eigenvalue weighted by Gasteiger charge is -2.09. The summed E-state index contributed by atoms with van der Waals surface area (Å²) in [5, 5.41) is 0. The second-order valence-corrected chi connectivity index (χ2v) is 4.81. The molecule has 0 saturated heterocycles. The van der Waals surface area contributed by atoms with Crippen LogP contribution in [0.3, 0.4) is 0 Å². The maximum Gasteiger partial charge on any atom is 0.177 e. The molecule has 0 saturated carbocycles. The van der Waals surface area contributed by atoms with Crippen LogP contribution in [0.25, 0.3) is 11.2 Å². The number of pyridine rings is 1. The summed E-state index contributed by atoms with van der Waals surface area (Å²) in [6.07, 6.45) is 5.37. The zero-order valence-electron chi connectivity index (χ0n) is 12.1. The number of hydrogen-bond acceptors (Lipinski definition) is 4. The van der Waals surface area contributed by atoms with E-state index >= 15 is 0 Å². The van der Waals surface area contributed by atoms with Crippen LogP contribution in [0.4, 0.5) is 0 Å². The Kier molecular flexibility index (Phi) is 3.73. The molecule has 108 valence electrons. The first-order chi connectivity index (χ1) is 10.3. The van der Waals surface area contributed by atoms with Crippen molar-refractivity contribution in [3.63, 3.8) is 0 Å². The van der Waals surface area contributed by atoms with Gasteiger partial charge in [-0.25, -0.2) is 9.97 Å². The zero-order valence-corrected chi connectivity index (χ0v) is 12.1. The van der Waals surface area contributed by atoms with E-state index in [1.165, 1.54) is 11.1 Å². The lowest BCUT2D eigenvalue weighted by molar-refractivity contribution is 0.354. The minimum Gasteiger partial charge on any atom is -0.493 e. The van der Waals surface area contributed by atoms with Gasteiger partial charge in [-0.3, -0.25) is 0 Å². The molecule has 0 amide bonds. The van der Waals surface area contributed by atoms with E-state index in [2.05, 4.69) is 27.1 Å². The Balaban J connectivity index is 1.74. The van der Waals surface area contributed by atoms with Gasteiger partial charge in [0.05, 0.1) is 26.1 Å². The molecule has 5 nitrogen and oxygen atoms in total. The van der Waals surface area contributed by atoms with E-state index in [1.54, 1.807) is 20.5 Å². The van der Waals surface area contributed by atoms with Gasteiger partial charge in [0.2, 0.25) is 0 Å². The highest BCUT2D eigenvalue weighted by molar-refractivity contribution is 5.70. The van der Waals surface area contributed by atoms with Crippen molar-refractivity contribution < 1.29 is 9.47 Å². The molecule has 5 heteroatoms. The molecule has 0 bridgehead atoms. The average molecular weight is 283 g/mol. The highest BCUT2D eigenvalue weighted by atomic mass is 16.5. The van der Waals surface area contributed by atoms with Gasteiger partial charge in [-0.15, -0.1) is 0 Å². The second-order valence-electron chi connectivity index (χ2n) is 4.81. The lowest BCUT2D eigenvalue weighted by atomic mass is 10.1. The van der Waals surface area contributed by atoms with Gasteiger partial charge < -0.3 is 14.5 Å². The maximum atomic E-state index is 5.33.